The third kappa shape index (κ3) is 3.84. The molecule has 0 spiro atoms. The molecule has 1 aromatic heterocycles. The van der Waals surface area contributed by atoms with Crippen molar-refractivity contribution in [2.24, 2.45) is 0 Å². The maximum atomic E-state index is 14.3. The van der Waals surface area contributed by atoms with E-state index in [0.29, 0.717) is 31.1 Å². The maximum Gasteiger partial charge on any atom is 0.269 e. The number of hydrogen-bond acceptors (Lipinski definition) is 5. The van der Waals surface area contributed by atoms with Gasteiger partial charge in [0, 0.05) is 53.5 Å². The van der Waals surface area contributed by atoms with Gasteiger partial charge in [0.25, 0.3) is 11.6 Å². The van der Waals surface area contributed by atoms with Crippen LogP contribution in [0.5, 0.6) is 0 Å². The van der Waals surface area contributed by atoms with E-state index in [9.17, 15) is 19.3 Å². The van der Waals surface area contributed by atoms with Crippen LogP contribution in [-0.4, -0.2) is 29.9 Å². The molecule has 28 heavy (non-hydrogen) atoms. The Morgan fingerprint density at radius 1 is 1.36 bits per heavy atom. The highest BCUT2D eigenvalue weighted by atomic mass is 35.5. The van der Waals surface area contributed by atoms with Crippen molar-refractivity contribution in [2.75, 3.05) is 14.2 Å². The van der Waals surface area contributed by atoms with Crippen molar-refractivity contribution in [2.45, 2.75) is 13.2 Å². The van der Waals surface area contributed by atoms with Crippen LogP contribution in [0.4, 0.5) is 10.1 Å². The van der Waals surface area contributed by atoms with Gasteiger partial charge in [0.1, 0.15) is 5.82 Å². The average Bonchev–Trinajstić information content (AvgIpc) is 3.02. The Morgan fingerprint density at radius 2 is 2.11 bits per heavy atom. The SMILES string of the molecule is COCc1c(C(=O)N(C)Cc2cc([N+](=O)[O-])ccc2Cl)sc2cccc(F)c12. The molecule has 0 saturated heterocycles. The maximum absolute atomic E-state index is 14.3. The molecule has 0 aliphatic rings. The molecule has 146 valence electrons. The first-order valence-electron chi connectivity index (χ1n) is 8.20. The van der Waals surface area contributed by atoms with Gasteiger partial charge in [-0.25, -0.2) is 4.39 Å². The van der Waals surface area contributed by atoms with Gasteiger partial charge in [-0.1, -0.05) is 17.7 Å². The first kappa shape index (κ1) is 20.2. The Hall–Kier alpha value is -2.55. The van der Waals surface area contributed by atoms with Crippen LogP contribution in [0.15, 0.2) is 36.4 Å². The minimum atomic E-state index is -0.521. The second kappa shape index (κ2) is 8.22. The number of halogens is 2. The van der Waals surface area contributed by atoms with Crippen LogP contribution in [0.2, 0.25) is 5.02 Å². The van der Waals surface area contributed by atoms with E-state index in [1.165, 1.54) is 47.6 Å². The number of fused-ring (bicyclic) bond motifs is 1. The number of benzene rings is 2. The van der Waals surface area contributed by atoms with E-state index in [0.717, 1.165) is 0 Å². The molecular weight excluding hydrogens is 407 g/mol. The van der Waals surface area contributed by atoms with Gasteiger partial charge >= 0.3 is 0 Å². The normalized spacial score (nSPS) is 11.0. The van der Waals surface area contributed by atoms with Crippen LogP contribution in [0.1, 0.15) is 20.8 Å². The molecule has 0 saturated carbocycles. The van der Waals surface area contributed by atoms with Gasteiger partial charge in [0.05, 0.1) is 16.4 Å². The molecule has 1 amide bonds. The molecule has 2 aromatic carbocycles. The van der Waals surface area contributed by atoms with Crippen molar-refractivity contribution < 1.29 is 18.8 Å². The zero-order chi connectivity index (χ0) is 20.4. The van der Waals surface area contributed by atoms with Gasteiger partial charge in [-0.3, -0.25) is 14.9 Å². The highest BCUT2D eigenvalue weighted by molar-refractivity contribution is 7.21. The fraction of sp³-hybridized carbons (Fsp3) is 0.211. The monoisotopic (exact) mass is 422 g/mol. The number of carbonyl (C=O) groups is 1. The van der Waals surface area contributed by atoms with Crippen molar-refractivity contribution in [3.8, 4) is 0 Å². The third-order valence-electron chi connectivity index (χ3n) is 4.24. The highest BCUT2D eigenvalue weighted by Gasteiger charge is 2.24. The van der Waals surface area contributed by atoms with Crippen LogP contribution in [0.3, 0.4) is 0 Å². The second-order valence-corrected chi connectivity index (χ2v) is 7.61. The predicted molar refractivity (Wildman–Crippen MR) is 106 cm³/mol. The fourth-order valence-electron chi connectivity index (χ4n) is 2.92. The summed E-state index contributed by atoms with van der Waals surface area (Å²) in [4.78, 5) is 25.3. The van der Waals surface area contributed by atoms with E-state index < -0.39 is 10.7 Å². The zero-order valence-corrected chi connectivity index (χ0v) is 16.6. The molecule has 0 fully saturated rings. The quantitative estimate of drug-likeness (QED) is 0.413. The number of hydrogen-bond donors (Lipinski definition) is 0. The van der Waals surface area contributed by atoms with Crippen molar-refractivity contribution in [3.63, 3.8) is 0 Å². The Kier molecular flexibility index (Phi) is 5.93. The number of nitro groups is 1. The molecule has 0 N–H and O–H groups in total. The number of methoxy groups -OCH3 is 1. The first-order valence-corrected chi connectivity index (χ1v) is 9.40. The summed E-state index contributed by atoms with van der Waals surface area (Å²) in [6, 6.07) is 8.75. The topological polar surface area (TPSA) is 72.7 Å². The molecule has 0 bridgehead atoms. The Labute approximate surface area is 169 Å². The fourth-order valence-corrected chi connectivity index (χ4v) is 4.31. The van der Waals surface area contributed by atoms with Crippen molar-refractivity contribution >= 4 is 44.6 Å². The molecule has 3 aromatic rings. The molecule has 3 rings (SSSR count). The third-order valence-corrected chi connectivity index (χ3v) is 5.79. The lowest BCUT2D eigenvalue weighted by molar-refractivity contribution is -0.384. The number of nitrogens with zero attached hydrogens (tertiary/aromatic N) is 2. The Morgan fingerprint density at radius 3 is 2.79 bits per heavy atom. The molecule has 0 atom stereocenters. The standard InChI is InChI=1S/C19H16ClFN2O4S/c1-22(9-11-8-12(23(25)26)6-7-14(11)20)19(24)18-13(10-27-2)17-15(21)4-3-5-16(17)28-18/h3-8H,9-10H2,1-2H3. The van der Waals surface area contributed by atoms with Crippen LogP contribution in [0, 0.1) is 15.9 Å². The van der Waals surface area contributed by atoms with Crippen LogP contribution in [-0.2, 0) is 17.9 Å². The van der Waals surface area contributed by atoms with Gasteiger partial charge in [0.15, 0.2) is 0 Å². The molecule has 0 radical (unpaired) electrons. The minimum Gasteiger partial charge on any atom is -0.380 e. The van der Waals surface area contributed by atoms with E-state index >= 15 is 0 Å². The number of ether oxygens (including phenoxy) is 1. The summed E-state index contributed by atoms with van der Waals surface area (Å²) in [6.07, 6.45) is 0. The molecule has 6 nitrogen and oxygen atoms in total. The minimum absolute atomic E-state index is 0.0719. The first-order chi connectivity index (χ1) is 13.3. The molecule has 0 aliphatic heterocycles. The van der Waals surface area contributed by atoms with Crippen molar-refractivity contribution in [1.82, 2.24) is 4.90 Å². The molecule has 0 unspecified atom stereocenters. The number of rotatable bonds is 6. The lowest BCUT2D eigenvalue weighted by Gasteiger charge is -2.18. The van der Waals surface area contributed by atoms with E-state index in [1.807, 2.05) is 0 Å². The molecular formula is C19H16ClFN2O4S. The van der Waals surface area contributed by atoms with E-state index in [1.54, 1.807) is 19.2 Å². The second-order valence-electron chi connectivity index (χ2n) is 6.15. The predicted octanol–water partition coefficient (Wildman–Crippen LogP) is 5.02. The van der Waals surface area contributed by atoms with E-state index in [4.69, 9.17) is 16.3 Å². The van der Waals surface area contributed by atoms with Crippen LogP contribution in [0.25, 0.3) is 10.1 Å². The highest BCUT2D eigenvalue weighted by Crippen LogP contribution is 2.35. The average molecular weight is 423 g/mol. The lowest BCUT2D eigenvalue weighted by Crippen LogP contribution is -2.26. The van der Waals surface area contributed by atoms with Gasteiger partial charge in [-0.15, -0.1) is 11.3 Å². The summed E-state index contributed by atoms with van der Waals surface area (Å²) in [7, 11) is 3.04. The summed E-state index contributed by atoms with van der Waals surface area (Å²) in [6.45, 7) is 0.163. The number of thiophene rings is 1. The number of carbonyl (C=O) groups excluding carboxylic acids is 1. The zero-order valence-electron chi connectivity index (χ0n) is 15.1. The summed E-state index contributed by atoms with van der Waals surface area (Å²) in [5, 5.41) is 11.7. The van der Waals surface area contributed by atoms with Gasteiger partial charge in [-0.2, -0.15) is 0 Å². The molecule has 0 aliphatic carbocycles. The van der Waals surface area contributed by atoms with E-state index in [-0.39, 0.29) is 24.7 Å². The van der Waals surface area contributed by atoms with Gasteiger partial charge in [0.2, 0.25) is 0 Å². The van der Waals surface area contributed by atoms with E-state index in [2.05, 4.69) is 0 Å². The summed E-state index contributed by atoms with van der Waals surface area (Å²) < 4.78 is 20.1. The smallest absolute Gasteiger partial charge is 0.269 e. The van der Waals surface area contributed by atoms with Gasteiger partial charge in [-0.05, 0) is 23.8 Å². The van der Waals surface area contributed by atoms with Crippen LogP contribution >= 0.6 is 22.9 Å². The Balaban J connectivity index is 1.96. The number of non-ortho nitro benzene ring substituents is 1. The van der Waals surface area contributed by atoms with Crippen LogP contribution < -0.4 is 0 Å². The molecule has 1 heterocycles. The largest absolute Gasteiger partial charge is 0.380 e. The number of amides is 1. The van der Waals surface area contributed by atoms with Gasteiger partial charge < -0.3 is 9.64 Å². The summed E-state index contributed by atoms with van der Waals surface area (Å²) >= 11 is 7.32. The molecule has 9 heteroatoms. The van der Waals surface area contributed by atoms with Crippen molar-refractivity contribution in [1.29, 1.82) is 0 Å². The lowest BCUT2D eigenvalue weighted by atomic mass is 10.1. The Bertz CT molecular complexity index is 1070. The van der Waals surface area contributed by atoms with Crippen molar-refractivity contribution in [3.05, 3.63) is 73.4 Å². The number of nitro benzene ring substituents is 1. The summed E-state index contributed by atoms with van der Waals surface area (Å²) in [5.74, 6) is -0.751. The summed E-state index contributed by atoms with van der Waals surface area (Å²) in [5.41, 5.74) is 0.833.